The standard InChI is InChI=1S/C15H22F2N2/c1-15(2)6-3-7-19(10-15)14(9-18)11-4-5-12(16)13(17)8-11/h4-5,8,14H,3,6-7,9-10,18H2,1-2H3. The summed E-state index contributed by atoms with van der Waals surface area (Å²) in [6, 6.07) is 4.06. The van der Waals surface area contributed by atoms with Gasteiger partial charge in [-0.25, -0.2) is 8.78 Å². The molecule has 106 valence electrons. The van der Waals surface area contributed by atoms with E-state index in [0.29, 0.717) is 6.54 Å². The van der Waals surface area contributed by atoms with Gasteiger partial charge in [0, 0.05) is 19.1 Å². The Hall–Kier alpha value is -1.00. The van der Waals surface area contributed by atoms with E-state index < -0.39 is 11.6 Å². The third-order valence-electron chi connectivity index (χ3n) is 3.92. The third-order valence-corrected chi connectivity index (χ3v) is 3.92. The van der Waals surface area contributed by atoms with Crippen LogP contribution in [0.3, 0.4) is 0 Å². The van der Waals surface area contributed by atoms with Gasteiger partial charge in [-0.3, -0.25) is 4.90 Å². The topological polar surface area (TPSA) is 29.3 Å². The maximum absolute atomic E-state index is 13.4. The lowest BCUT2D eigenvalue weighted by molar-refractivity contribution is 0.0805. The number of halogens is 2. The summed E-state index contributed by atoms with van der Waals surface area (Å²) in [6.07, 6.45) is 2.31. The fourth-order valence-electron chi connectivity index (χ4n) is 2.95. The van der Waals surface area contributed by atoms with Crippen LogP contribution in [0.5, 0.6) is 0 Å². The molecule has 0 bridgehead atoms. The van der Waals surface area contributed by atoms with Crippen LogP contribution in [0.2, 0.25) is 0 Å². The highest BCUT2D eigenvalue weighted by molar-refractivity contribution is 5.22. The molecule has 1 fully saturated rings. The summed E-state index contributed by atoms with van der Waals surface area (Å²) in [5.74, 6) is -1.61. The van der Waals surface area contributed by atoms with Crippen LogP contribution in [-0.2, 0) is 0 Å². The highest BCUT2D eigenvalue weighted by Crippen LogP contribution is 2.33. The summed E-state index contributed by atoms with van der Waals surface area (Å²) in [5.41, 5.74) is 6.87. The molecule has 0 aliphatic carbocycles. The number of hydrogen-bond donors (Lipinski definition) is 1. The van der Waals surface area contributed by atoms with Crippen LogP contribution in [0.1, 0.15) is 38.3 Å². The molecule has 1 atom stereocenters. The molecule has 1 aromatic carbocycles. The number of nitrogens with two attached hydrogens (primary N) is 1. The lowest BCUT2D eigenvalue weighted by Gasteiger charge is -2.42. The van der Waals surface area contributed by atoms with E-state index in [2.05, 4.69) is 18.7 Å². The van der Waals surface area contributed by atoms with Gasteiger partial charge in [0.25, 0.3) is 0 Å². The van der Waals surface area contributed by atoms with E-state index in [0.717, 1.165) is 25.1 Å². The quantitative estimate of drug-likeness (QED) is 0.912. The summed E-state index contributed by atoms with van der Waals surface area (Å²) < 4.78 is 26.4. The van der Waals surface area contributed by atoms with Gasteiger partial charge in [0.2, 0.25) is 0 Å². The smallest absolute Gasteiger partial charge is 0.159 e. The van der Waals surface area contributed by atoms with Crippen molar-refractivity contribution in [2.45, 2.75) is 32.7 Å². The van der Waals surface area contributed by atoms with E-state index >= 15 is 0 Å². The minimum atomic E-state index is -0.807. The van der Waals surface area contributed by atoms with Crippen LogP contribution in [0.15, 0.2) is 18.2 Å². The molecule has 2 nitrogen and oxygen atoms in total. The average Bonchev–Trinajstić information content (AvgIpc) is 2.33. The van der Waals surface area contributed by atoms with Gasteiger partial charge in [-0.2, -0.15) is 0 Å². The molecule has 0 saturated carbocycles. The molecule has 0 radical (unpaired) electrons. The van der Waals surface area contributed by atoms with Gasteiger partial charge in [-0.05, 0) is 42.5 Å². The first-order chi connectivity index (χ1) is 8.93. The fourth-order valence-corrected chi connectivity index (χ4v) is 2.95. The predicted molar refractivity (Wildman–Crippen MR) is 72.7 cm³/mol. The Morgan fingerprint density at radius 3 is 2.63 bits per heavy atom. The van der Waals surface area contributed by atoms with Gasteiger partial charge in [-0.15, -0.1) is 0 Å². The highest BCUT2D eigenvalue weighted by atomic mass is 19.2. The number of nitrogens with zero attached hydrogens (tertiary/aromatic N) is 1. The lowest BCUT2D eigenvalue weighted by Crippen LogP contribution is -2.44. The molecule has 1 saturated heterocycles. The zero-order valence-electron chi connectivity index (χ0n) is 11.6. The van der Waals surface area contributed by atoms with Crippen molar-refractivity contribution in [3.63, 3.8) is 0 Å². The third kappa shape index (κ3) is 3.31. The van der Waals surface area contributed by atoms with Crippen molar-refractivity contribution >= 4 is 0 Å². The van der Waals surface area contributed by atoms with Crippen LogP contribution in [-0.4, -0.2) is 24.5 Å². The SMILES string of the molecule is CC1(C)CCCN(C(CN)c2ccc(F)c(F)c2)C1. The minimum absolute atomic E-state index is 0.0327. The Morgan fingerprint density at radius 2 is 2.05 bits per heavy atom. The highest BCUT2D eigenvalue weighted by Gasteiger charge is 2.30. The van der Waals surface area contributed by atoms with Crippen molar-refractivity contribution in [1.82, 2.24) is 4.90 Å². The number of hydrogen-bond acceptors (Lipinski definition) is 2. The first-order valence-electron chi connectivity index (χ1n) is 6.82. The zero-order chi connectivity index (χ0) is 14.0. The van der Waals surface area contributed by atoms with Crippen LogP contribution >= 0.6 is 0 Å². The van der Waals surface area contributed by atoms with Gasteiger partial charge in [-0.1, -0.05) is 19.9 Å². The van der Waals surface area contributed by atoms with Crippen LogP contribution in [0.25, 0.3) is 0 Å². The average molecular weight is 268 g/mol. The van der Waals surface area contributed by atoms with E-state index in [1.54, 1.807) is 6.07 Å². The van der Waals surface area contributed by atoms with Crippen molar-refractivity contribution in [2.75, 3.05) is 19.6 Å². The van der Waals surface area contributed by atoms with Crippen LogP contribution < -0.4 is 5.73 Å². The van der Waals surface area contributed by atoms with Gasteiger partial charge in [0.15, 0.2) is 11.6 Å². The molecule has 1 aliphatic heterocycles. The summed E-state index contributed by atoms with van der Waals surface area (Å²) in [7, 11) is 0. The van der Waals surface area contributed by atoms with Crippen LogP contribution in [0.4, 0.5) is 8.78 Å². The Labute approximate surface area is 113 Å². The van der Waals surface area contributed by atoms with Crippen molar-refractivity contribution in [2.24, 2.45) is 11.1 Å². The Kier molecular flexibility index (Phi) is 4.21. The predicted octanol–water partition coefficient (Wildman–Crippen LogP) is 3.09. The van der Waals surface area contributed by atoms with Crippen molar-refractivity contribution in [3.8, 4) is 0 Å². The van der Waals surface area contributed by atoms with E-state index in [9.17, 15) is 8.78 Å². The monoisotopic (exact) mass is 268 g/mol. The van der Waals surface area contributed by atoms with Gasteiger partial charge in [0.1, 0.15) is 0 Å². The fraction of sp³-hybridized carbons (Fsp3) is 0.600. The molecule has 2 N–H and O–H groups in total. The lowest BCUT2D eigenvalue weighted by atomic mass is 9.83. The first kappa shape index (κ1) is 14.4. The molecule has 1 aliphatic rings. The molecular weight excluding hydrogens is 246 g/mol. The normalized spacial score (nSPS) is 21.3. The molecule has 1 heterocycles. The molecule has 1 unspecified atom stereocenters. The van der Waals surface area contributed by atoms with Crippen molar-refractivity contribution in [1.29, 1.82) is 0 Å². The molecule has 1 aromatic rings. The Balaban J connectivity index is 2.21. The zero-order valence-corrected chi connectivity index (χ0v) is 11.6. The summed E-state index contributed by atoms with van der Waals surface area (Å²) >= 11 is 0. The van der Waals surface area contributed by atoms with Gasteiger partial charge < -0.3 is 5.73 Å². The van der Waals surface area contributed by atoms with Gasteiger partial charge in [0.05, 0.1) is 0 Å². The second kappa shape index (κ2) is 5.55. The van der Waals surface area contributed by atoms with Crippen LogP contribution in [0, 0.1) is 17.0 Å². The molecule has 0 aromatic heterocycles. The number of rotatable bonds is 3. The van der Waals surface area contributed by atoms with E-state index in [-0.39, 0.29) is 11.5 Å². The largest absolute Gasteiger partial charge is 0.329 e. The van der Waals surface area contributed by atoms with Crippen molar-refractivity contribution in [3.05, 3.63) is 35.4 Å². The maximum atomic E-state index is 13.4. The molecule has 0 spiro atoms. The van der Waals surface area contributed by atoms with Gasteiger partial charge >= 0.3 is 0 Å². The van der Waals surface area contributed by atoms with E-state index in [1.807, 2.05) is 0 Å². The van der Waals surface area contributed by atoms with E-state index in [1.165, 1.54) is 18.6 Å². The Morgan fingerprint density at radius 1 is 1.32 bits per heavy atom. The molecule has 2 rings (SSSR count). The number of piperidine rings is 1. The van der Waals surface area contributed by atoms with E-state index in [4.69, 9.17) is 5.73 Å². The molecule has 0 amide bonds. The second-order valence-electron chi connectivity index (χ2n) is 6.16. The number of likely N-dealkylation sites (tertiary alicyclic amines) is 1. The van der Waals surface area contributed by atoms with Crippen molar-refractivity contribution < 1.29 is 8.78 Å². The summed E-state index contributed by atoms with van der Waals surface area (Å²) in [6.45, 7) is 6.79. The number of benzene rings is 1. The Bertz CT molecular complexity index is 446. The maximum Gasteiger partial charge on any atom is 0.159 e. The molecular formula is C15H22F2N2. The second-order valence-corrected chi connectivity index (χ2v) is 6.16. The summed E-state index contributed by atoms with van der Waals surface area (Å²) in [5, 5.41) is 0. The summed E-state index contributed by atoms with van der Waals surface area (Å²) in [4.78, 5) is 2.29. The first-order valence-corrected chi connectivity index (χ1v) is 6.82. The minimum Gasteiger partial charge on any atom is -0.329 e. The molecule has 4 heteroatoms. The molecule has 19 heavy (non-hydrogen) atoms.